The topological polar surface area (TPSA) is 165 Å². The molecule has 0 saturated heterocycles. The molecule has 0 saturated carbocycles. The summed E-state index contributed by atoms with van der Waals surface area (Å²) in [6, 6.07) is 6.03. The average Bonchev–Trinajstić information content (AvgIpc) is 3.18. The second kappa shape index (κ2) is 8.86. The number of ether oxygens (including phenoxy) is 2. The first kappa shape index (κ1) is 21.2. The number of amides is 1. The molecule has 1 atom stereocenters. The van der Waals surface area contributed by atoms with Crippen LogP contribution in [0.5, 0.6) is 17.4 Å². The lowest BCUT2D eigenvalue weighted by Gasteiger charge is -2.13. The Morgan fingerprint density at radius 3 is 2.55 bits per heavy atom. The van der Waals surface area contributed by atoms with Crippen molar-refractivity contribution in [3.8, 4) is 17.4 Å². The minimum atomic E-state index is -0.982. The number of hydrogen-bond donors (Lipinski definition) is 1. The Morgan fingerprint density at radius 2 is 1.97 bits per heavy atom. The van der Waals surface area contributed by atoms with Crippen LogP contribution < -0.4 is 14.8 Å². The molecule has 0 aliphatic rings. The summed E-state index contributed by atoms with van der Waals surface area (Å²) in [5.74, 6) is -0.397. The van der Waals surface area contributed by atoms with Crippen LogP contribution in [0, 0.1) is 20.2 Å². The van der Waals surface area contributed by atoms with Gasteiger partial charge in [0.1, 0.15) is 23.7 Å². The predicted octanol–water partition coefficient (Wildman–Crippen LogP) is 3.10. The number of benzene rings is 1. The van der Waals surface area contributed by atoms with Crippen molar-refractivity contribution in [3.63, 3.8) is 0 Å². The van der Waals surface area contributed by atoms with E-state index in [9.17, 15) is 25.0 Å². The van der Waals surface area contributed by atoms with Gasteiger partial charge in [0.25, 0.3) is 5.69 Å². The molecule has 0 fully saturated rings. The smallest absolute Gasteiger partial charge is 0.350 e. The molecule has 13 nitrogen and oxygen atoms in total. The van der Waals surface area contributed by atoms with Gasteiger partial charge in [0, 0.05) is 18.3 Å². The third kappa shape index (κ3) is 4.90. The summed E-state index contributed by atoms with van der Waals surface area (Å²) >= 11 is 0. The summed E-state index contributed by atoms with van der Waals surface area (Å²) in [7, 11) is 1.22. The molecule has 1 amide bonds. The number of carbonyl (C=O) groups is 1. The Hall–Kier alpha value is -4.55. The van der Waals surface area contributed by atoms with Crippen LogP contribution in [0.3, 0.4) is 0 Å². The number of non-ortho nitro benzene ring substituents is 1. The van der Waals surface area contributed by atoms with Crippen LogP contribution in [0.25, 0.3) is 0 Å². The fourth-order valence-electron chi connectivity index (χ4n) is 2.56. The van der Waals surface area contributed by atoms with E-state index in [0.29, 0.717) is 5.75 Å². The first-order valence-corrected chi connectivity index (χ1v) is 8.74. The highest BCUT2D eigenvalue weighted by Crippen LogP contribution is 2.30. The van der Waals surface area contributed by atoms with Gasteiger partial charge in [-0.2, -0.15) is 0 Å². The molecule has 0 aliphatic carbocycles. The molecule has 1 unspecified atom stereocenters. The van der Waals surface area contributed by atoms with E-state index in [1.807, 2.05) is 0 Å². The number of nitrogens with zero attached hydrogens (tertiary/aromatic N) is 5. The first-order chi connectivity index (χ1) is 14.8. The predicted molar refractivity (Wildman–Crippen MR) is 106 cm³/mol. The Labute approximate surface area is 174 Å². The Bertz CT molecular complexity index is 1130. The van der Waals surface area contributed by atoms with Crippen LogP contribution >= 0.6 is 0 Å². The molecule has 2 heterocycles. The second-order valence-corrected chi connectivity index (χ2v) is 6.19. The largest absolute Gasteiger partial charge is 0.475 e. The summed E-state index contributed by atoms with van der Waals surface area (Å²) in [5.41, 5.74) is -0.607. The van der Waals surface area contributed by atoms with Gasteiger partial charge in [-0.25, -0.2) is 4.68 Å². The number of methoxy groups -OCH3 is 1. The number of pyridine rings is 1. The zero-order chi connectivity index (χ0) is 22.5. The SMILES string of the molecule is COc1nn(C(C)C(=O)Nc2cc(Oc3cccnc3)cc([N+](=O)[O-])c2)cc1[N+](=O)[O-]. The third-order valence-electron chi connectivity index (χ3n) is 4.09. The highest BCUT2D eigenvalue weighted by Gasteiger charge is 2.25. The number of aromatic nitrogens is 3. The van der Waals surface area contributed by atoms with Crippen molar-refractivity contribution in [3.05, 3.63) is 69.2 Å². The maximum atomic E-state index is 12.6. The number of nitro groups is 2. The van der Waals surface area contributed by atoms with E-state index in [0.717, 1.165) is 16.9 Å². The molecule has 0 radical (unpaired) electrons. The quantitative estimate of drug-likeness (QED) is 0.419. The zero-order valence-electron chi connectivity index (χ0n) is 16.3. The Balaban J connectivity index is 1.84. The number of nitro benzene ring substituents is 1. The lowest BCUT2D eigenvalue weighted by Crippen LogP contribution is -2.24. The van der Waals surface area contributed by atoms with Crippen molar-refractivity contribution >= 4 is 23.0 Å². The maximum Gasteiger partial charge on any atom is 0.350 e. The normalized spacial score (nSPS) is 11.4. The molecule has 0 bridgehead atoms. The molecule has 3 aromatic rings. The number of nitrogens with one attached hydrogen (secondary N) is 1. The van der Waals surface area contributed by atoms with Crippen LogP contribution in [0.4, 0.5) is 17.1 Å². The molecular weight excluding hydrogens is 412 g/mol. The molecule has 0 spiro atoms. The van der Waals surface area contributed by atoms with Gasteiger partial charge >= 0.3 is 11.6 Å². The fourth-order valence-corrected chi connectivity index (χ4v) is 2.56. The average molecular weight is 428 g/mol. The highest BCUT2D eigenvalue weighted by atomic mass is 16.6. The molecule has 2 aromatic heterocycles. The van der Waals surface area contributed by atoms with Gasteiger partial charge in [-0.1, -0.05) is 0 Å². The van der Waals surface area contributed by atoms with Crippen molar-refractivity contribution in [2.24, 2.45) is 0 Å². The lowest BCUT2D eigenvalue weighted by atomic mass is 10.2. The van der Waals surface area contributed by atoms with E-state index in [4.69, 9.17) is 9.47 Å². The van der Waals surface area contributed by atoms with E-state index in [-0.39, 0.29) is 23.0 Å². The monoisotopic (exact) mass is 428 g/mol. The molecular formula is C18H16N6O7. The first-order valence-electron chi connectivity index (χ1n) is 8.74. The van der Waals surface area contributed by atoms with Crippen molar-refractivity contribution < 1.29 is 24.1 Å². The summed E-state index contributed by atoms with van der Waals surface area (Å²) in [5, 5.41) is 28.7. The van der Waals surface area contributed by atoms with Crippen molar-refractivity contribution in [1.29, 1.82) is 0 Å². The number of anilines is 1. The highest BCUT2D eigenvalue weighted by molar-refractivity contribution is 5.94. The van der Waals surface area contributed by atoms with Gasteiger partial charge in [-0.3, -0.25) is 30.0 Å². The van der Waals surface area contributed by atoms with Gasteiger partial charge < -0.3 is 14.8 Å². The van der Waals surface area contributed by atoms with Crippen LogP contribution in [0.15, 0.2) is 48.9 Å². The van der Waals surface area contributed by atoms with Gasteiger partial charge in [-0.15, -0.1) is 5.10 Å². The van der Waals surface area contributed by atoms with Crippen molar-refractivity contribution in [2.75, 3.05) is 12.4 Å². The van der Waals surface area contributed by atoms with Gasteiger partial charge in [0.15, 0.2) is 0 Å². The zero-order valence-corrected chi connectivity index (χ0v) is 16.3. The molecule has 0 aliphatic heterocycles. The van der Waals surface area contributed by atoms with Crippen LogP contribution in [0.1, 0.15) is 13.0 Å². The maximum absolute atomic E-state index is 12.6. The van der Waals surface area contributed by atoms with Crippen molar-refractivity contribution in [1.82, 2.24) is 14.8 Å². The molecule has 3 rings (SSSR count). The van der Waals surface area contributed by atoms with E-state index < -0.39 is 27.5 Å². The number of carbonyl (C=O) groups excluding carboxylic acids is 1. The Kier molecular flexibility index (Phi) is 6.05. The molecule has 1 aromatic carbocycles. The summed E-state index contributed by atoms with van der Waals surface area (Å²) in [4.78, 5) is 37.5. The van der Waals surface area contributed by atoms with E-state index >= 15 is 0 Å². The summed E-state index contributed by atoms with van der Waals surface area (Å²) < 4.78 is 11.5. The molecule has 13 heteroatoms. The molecule has 160 valence electrons. The number of rotatable bonds is 8. The third-order valence-corrected chi connectivity index (χ3v) is 4.09. The van der Waals surface area contributed by atoms with Gasteiger partial charge in [0.2, 0.25) is 5.91 Å². The summed E-state index contributed by atoms with van der Waals surface area (Å²) in [6.07, 6.45) is 4.03. The van der Waals surface area contributed by atoms with Gasteiger partial charge in [0.05, 0.1) is 34.9 Å². The van der Waals surface area contributed by atoms with Crippen LogP contribution in [0.2, 0.25) is 0 Å². The summed E-state index contributed by atoms with van der Waals surface area (Å²) in [6.45, 7) is 1.45. The minimum absolute atomic E-state index is 0.0959. The van der Waals surface area contributed by atoms with Crippen LogP contribution in [-0.2, 0) is 4.79 Å². The minimum Gasteiger partial charge on any atom is -0.475 e. The standard InChI is InChI=1S/C18H16N6O7/c1-11(22-10-16(24(28)29)18(21-22)30-2)17(25)20-12-6-13(23(26)27)8-15(7-12)31-14-4-3-5-19-9-14/h3-11H,1-2H3,(H,20,25). The molecule has 31 heavy (non-hydrogen) atoms. The Morgan fingerprint density at radius 1 is 1.19 bits per heavy atom. The van der Waals surface area contributed by atoms with E-state index in [1.54, 1.807) is 18.3 Å². The van der Waals surface area contributed by atoms with Gasteiger partial charge in [-0.05, 0) is 19.1 Å². The molecule has 1 N–H and O–H groups in total. The number of hydrogen-bond acceptors (Lipinski definition) is 9. The lowest BCUT2D eigenvalue weighted by molar-refractivity contribution is -0.385. The van der Waals surface area contributed by atoms with E-state index in [1.165, 1.54) is 32.4 Å². The van der Waals surface area contributed by atoms with E-state index in [2.05, 4.69) is 15.4 Å². The van der Waals surface area contributed by atoms with Crippen molar-refractivity contribution in [2.45, 2.75) is 13.0 Å². The van der Waals surface area contributed by atoms with Crippen LogP contribution in [-0.4, -0.2) is 37.6 Å². The second-order valence-electron chi connectivity index (χ2n) is 6.19. The fraction of sp³-hybridized carbons (Fsp3) is 0.167.